The fraction of sp³-hybridized carbons (Fsp3) is 0.522. The van der Waals surface area contributed by atoms with Gasteiger partial charge in [-0.25, -0.2) is 0 Å². The number of fused-ring (bicyclic) bond motifs is 3. The molecule has 11 nitrogen and oxygen atoms in total. The van der Waals surface area contributed by atoms with Gasteiger partial charge < -0.3 is 49.6 Å². The monoisotopic (exact) mass is 486 g/mol. The summed E-state index contributed by atoms with van der Waals surface area (Å²) in [5.41, 5.74) is -1.28. The largest absolute Gasteiger partial charge is 0.507 e. The van der Waals surface area contributed by atoms with E-state index in [4.69, 9.17) is 26.8 Å². The molecular weight excluding hydrogens is 463 g/mol. The summed E-state index contributed by atoms with van der Waals surface area (Å²) in [6.45, 7) is 0.559. The Kier molecular flexibility index (Phi) is 4.79. The van der Waals surface area contributed by atoms with Crippen LogP contribution < -0.4 is 4.74 Å². The number of ether oxygens (including phenoxy) is 4. The summed E-state index contributed by atoms with van der Waals surface area (Å²) in [7, 11) is 5.85. The van der Waals surface area contributed by atoms with Crippen LogP contribution in [0.2, 0.25) is 5.82 Å². The number of phenols is 2. The molecule has 12 heteroatoms. The van der Waals surface area contributed by atoms with Crippen molar-refractivity contribution in [1.82, 2.24) is 0 Å². The number of carbonyl (C=O) groups is 1. The topological polar surface area (TPSA) is 179 Å². The molecule has 6 N–H and O–H groups in total. The first kappa shape index (κ1) is 23.0. The van der Waals surface area contributed by atoms with E-state index < -0.39 is 72.3 Å². The van der Waals surface area contributed by atoms with Gasteiger partial charge in [0.25, 0.3) is 0 Å². The summed E-state index contributed by atoms with van der Waals surface area (Å²) in [6.07, 6.45) is -4.23. The number of aryl methyl sites for hydroxylation is 1. The van der Waals surface area contributed by atoms with Gasteiger partial charge in [0.1, 0.15) is 17.2 Å². The minimum atomic E-state index is -1.74. The van der Waals surface area contributed by atoms with E-state index in [0.717, 1.165) is 0 Å². The van der Waals surface area contributed by atoms with Gasteiger partial charge in [-0.1, -0.05) is 0 Å². The second-order valence-electron chi connectivity index (χ2n) is 9.51. The Bertz CT molecular complexity index is 1260. The normalized spacial score (nSPS) is 35.2. The third-order valence-electron chi connectivity index (χ3n) is 7.63. The van der Waals surface area contributed by atoms with E-state index in [1.807, 2.05) is 0 Å². The van der Waals surface area contributed by atoms with Crippen LogP contribution in [0.5, 0.6) is 17.2 Å². The number of aliphatic hydroxyl groups excluding tert-OH is 4. The molecule has 1 unspecified atom stereocenters. The highest BCUT2D eigenvalue weighted by Crippen LogP contribution is 2.63. The van der Waals surface area contributed by atoms with Crippen molar-refractivity contribution in [2.45, 2.75) is 49.2 Å². The highest BCUT2D eigenvalue weighted by atomic mass is 16.9. The molecule has 2 fully saturated rings. The third-order valence-corrected chi connectivity index (χ3v) is 7.63. The average molecular weight is 486 g/mol. The number of hydrogen-bond donors (Lipinski definition) is 6. The first-order valence-electron chi connectivity index (χ1n) is 11.2. The Morgan fingerprint density at radius 3 is 2.40 bits per heavy atom. The molecule has 4 atom stereocenters. The number of Topliss-reactive ketones (excluding diaryl/α,β-unsaturated/α-hetero) is 1. The molecule has 0 aromatic heterocycles. The fourth-order valence-corrected chi connectivity index (χ4v) is 5.66. The lowest BCUT2D eigenvalue weighted by molar-refractivity contribution is -0.508. The van der Waals surface area contributed by atoms with Crippen LogP contribution in [-0.2, 0) is 14.2 Å². The van der Waals surface area contributed by atoms with Crippen LogP contribution in [0, 0.1) is 12.8 Å². The molecule has 4 aliphatic heterocycles. The van der Waals surface area contributed by atoms with E-state index in [-0.39, 0.29) is 46.2 Å². The molecule has 1 aliphatic carbocycles. The second-order valence-corrected chi connectivity index (χ2v) is 9.51. The highest BCUT2D eigenvalue weighted by Gasteiger charge is 2.78. The Hall–Kier alpha value is -2.45. The van der Waals surface area contributed by atoms with Crippen LogP contribution in [0.1, 0.15) is 45.9 Å². The van der Waals surface area contributed by atoms with E-state index in [1.54, 1.807) is 6.92 Å². The molecule has 35 heavy (non-hydrogen) atoms. The summed E-state index contributed by atoms with van der Waals surface area (Å²) >= 11 is 0. The standard InChI is InChI=1S/C23H23BO11/c1-7-2-9-13(18(30)15-14(16(9)28)11(27)3-10(24)17(15)29)19-12(7)20-34-23(35-20,8(4-25)5-26)22(6-32-22)21(31)33-19/h2,8,10-11,20-21,25-28,30-31H,3-6H2,1H3/t10?,11-,20?,21-,22-,23?/m0/s1. The number of ketones is 1. The molecular formula is C23H23BO11. The molecule has 1 spiro atoms. The van der Waals surface area contributed by atoms with E-state index in [2.05, 4.69) is 0 Å². The molecule has 2 aromatic carbocycles. The van der Waals surface area contributed by atoms with Gasteiger partial charge in [0.15, 0.2) is 12.1 Å². The van der Waals surface area contributed by atoms with E-state index in [0.29, 0.717) is 5.56 Å². The van der Waals surface area contributed by atoms with Gasteiger partial charge in [-0.15, -0.1) is 0 Å². The van der Waals surface area contributed by atoms with Crippen molar-refractivity contribution in [3.8, 4) is 17.2 Å². The smallest absolute Gasteiger partial charge is 0.234 e. The van der Waals surface area contributed by atoms with Crippen molar-refractivity contribution in [2.75, 3.05) is 19.8 Å². The second kappa shape index (κ2) is 7.29. The van der Waals surface area contributed by atoms with Crippen LogP contribution >= 0.6 is 0 Å². The van der Waals surface area contributed by atoms with Crippen molar-refractivity contribution in [1.29, 1.82) is 0 Å². The number of aliphatic hydroxyl groups is 4. The van der Waals surface area contributed by atoms with Crippen LogP contribution in [-0.4, -0.2) is 81.8 Å². The van der Waals surface area contributed by atoms with Crippen molar-refractivity contribution >= 4 is 24.4 Å². The van der Waals surface area contributed by atoms with Crippen LogP contribution in [0.25, 0.3) is 10.8 Å². The third kappa shape index (κ3) is 2.67. The number of phenolic OH excluding ortho intramolecular Hbond substituents is 2. The Morgan fingerprint density at radius 2 is 1.80 bits per heavy atom. The minimum Gasteiger partial charge on any atom is -0.507 e. The molecule has 2 radical (unpaired) electrons. The number of hydrogen-bond acceptors (Lipinski definition) is 11. The van der Waals surface area contributed by atoms with Gasteiger partial charge in [0.05, 0.1) is 56.2 Å². The molecule has 4 heterocycles. The zero-order valence-electron chi connectivity index (χ0n) is 18.6. The molecule has 2 saturated heterocycles. The van der Waals surface area contributed by atoms with Gasteiger partial charge in [0, 0.05) is 10.9 Å². The number of rotatable bonds is 3. The molecule has 0 saturated carbocycles. The first-order valence-corrected chi connectivity index (χ1v) is 11.2. The highest BCUT2D eigenvalue weighted by molar-refractivity contribution is 6.30. The summed E-state index contributed by atoms with van der Waals surface area (Å²) in [5.74, 6) is -5.49. The molecule has 2 aromatic rings. The summed E-state index contributed by atoms with van der Waals surface area (Å²) in [6, 6.07) is 1.51. The van der Waals surface area contributed by atoms with Gasteiger partial charge in [-0.3, -0.25) is 4.79 Å². The lowest BCUT2D eigenvalue weighted by atomic mass is 9.69. The fourth-order valence-electron chi connectivity index (χ4n) is 5.66. The maximum atomic E-state index is 12.9. The lowest BCUT2D eigenvalue weighted by Gasteiger charge is -2.56. The average Bonchev–Trinajstić information content (AvgIpc) is 3.59. The molecule has 7 rings (SSSR count). The minimum absolute atomic E-state index is 0.0668. The maximum Gasteiger partial charge on any atom is 0.234 e. The summed E-state index contributed by atoms with van der Waals surface area (Å²) < 4.78 is 23.6. The lowest BCUT2D eigenvalue weighted by Crippen LogP contribution is -2.70. The predicted molar refractivity (Wildman–Crippen MR) is 116 cm³/mol. The van der Waals surface area contributed by atoms with Crippen molar-refractivity contribution in [2.24, 2.45) is 5.92 Å². The van der Waals surface area contributed by atoms with Crippen molar-refractivity contribution in [3.05, 3.63) is 28.3 Å². The van der Waals surface area contributed by atoms with Gasteiger partial charge >= 0.3 is 0 Å². The SMILES string of the molecule is [B]C1C[C@H](O)c2c(c(O)c3c4c(c(C)cc3c2O)C2OC(C(CO)CO)(O2)[C@]2(CO2)[C@@H](O)O4)C1=O. The zero-order chi connectivity index (χ0) is 25.0. The van der Waals surface area contributed by atoms with E-state index >= 15 is 0 Å². The number of epoxide rings is 1. The number of benzene rings is 2. The maximum absolute atomic E-state index is 12.9. The van der Waals surface area contributed by atoms with Crippen molar-refractivity contribution < 1.29 is 54.4 Å². The van der Waals surface area contributed by atoms with Crippen molar-refractivity contribution in [3.63, 3.8) is 0 Å². The summed E-state index contributed by atoms with van der Waals surface area (Å²) in [5, 5.41) is 63.5. The van der Waals surface area contributed by atoms with Crippen LogP contribution in [0.3, 0.4) is 0 Å². The molecule has 184 valence electrons. The Morgan fingerprint density at radius 1 is 1.14 bits per heavy atom. The quantitative estimate of drug-likeness (QED) is 0.195. The molecule has 5 aliphatic rings. The Balaban J connectivity index is 1.62. The van der Waals surface area contributed by atoms with Crippen LogP contribution in [0.4, 0.5) is 0 Å². The summed E-state index contributed by atoms with van der Waals surface area (Å²) in [4.78, 5) is 12.9. The number of aromatic hydroxyl groups is 2. The van der Waals surface area contributed by atoms with E-state index in [9.17, 15) is 35.4 Å². The first-order chi connectivity index (χ1) is 16.6. The zero-order valence-corrected chi connectivity index (χ0v) is 18.6. The molecule has 2 bridgehead atoms. The van der Waals surface area contributed by atoms with E-state index in [1.165, 1.54) is 6.07 Å². The predicted octanol–water partition coefficient (Wildman–Crippen LogP) is -0.0415. The van der Waals surface area contributed by atoms with Crippen LogP contribution in [0.15, 0.2) is 6.07 Å². The van der Waals surface area contributed by atoms with Gasteiger partial charge in [-0.05, 0) is 30.8 Å². The van der Waals surface area contributed by atoms with Gasteiger partial charge in [0.2, 0.25) is 17.7 Å². The number of carbonyl (C=O) groups excluding carboxylic acids is 1. The van der Waals surface area contributed by atoms with Gasteiger partial charge in [-0.2, -0.15) is 0 Å². The molecule has 0 amide bonds. The Labute approximate surface area is 199 Å².